The molecule has 1 unspecified atom stereocenters. The van der Waals surface area contributed by atoms with Crippen LogP contribution < -0.4 is 10.5 Å². The molecule has 0 bridgehead atoms. The number of carbonyl (C=O) groups is 1. The summed E-state index contributed by atoms with van der Waals surface area (Å²) < 4.78 is 34.7. The Kier molecular flexibility index (Phi) is 5.97. The summed E-state index contributed by atoms with van der Waals surface area (Å²) >= 11 is 1.98. The molecule has 1 aliphatic carbocycles. The Bertz CT molecular complexity index is 867. The number of ether oxygens (including phenoxy) is 1. The fourth-order valence-electron chi connectivity index (χ4n) is 3.24. The Morgan fingerprint density at radius 1 is 1.15 bits per heavy atom. The van der Waals surface area contributed by atoms with Crippen LogP contribution in [0.4, 0.5) is 8.78 Å². The fourth-order valence-corrected chi connectivity index (χ4v) is 3.70. The Balaban J connectivity index is 1.96. The van der Waals surface area contributed by atoms with Crippen molar-refractivity contribution in [3.63, 3.8) is 0 Å². The molecule has 8 heteroatoms. The van der Waals surface area contributed by atoms with E-state index >= 15 is 0 Å². The van der Waals surface area contributed by atoms with Crippen LogP contribution in [-0.4, -0.2) is 34.4 Å². The van der Waals surface area contributed by atoms with Crippen LogP contribution in [0.25, 0.3) is 0 Å². The van der Waals surface area contributed by atoms with Crippen LogP contribution in [0.1, 0.15) is 34.3 Å². The van der Waals surface area contributed by atoms with E-state index in [1.165, 1.54) is 6.07 Å². The number of rotatable bonds is 5. The highest BCUT2D eigenvalue weighted by Gasteiger charge is 2.34. The summed E-state index contributed by atoms with van der Waals surface area (Å²) in [7, 11) is 0. The molecule has 3 atom stereocenters. The second-order valence-corrected chi connectivity index (χ2v) is 7.81. The van der Waals surface area contributed by atoms with Gasteiger partial charge in [0, 0.05) is 28.9 Å². The Hall–Kier alpha value is -1.78. The molecule has 3 rings (SSSR count). The van der Waals surface area contributed by atoms with E-state index in [4.69, 9.17) is 10.5 Å². The second kappa shape index (κ2) is 8.07. The molecular weight excluding hydrogens is 471 g/mol. The van der Waals surface area contributed by atoms with Gasteiger partial charge in [-0.15, -0.1) is 0 Å². The van der Waals surface area contributed by atoms with E-state index in [-0.39, 0.29) is 36.1 Å². The van der Waals surface area contributed by atoms with Gasteiger partial charge in [0.2, 0.25) is 0 Å². The fraction of sp³-hybridized carbons (Fsp3) is 0.316. The van der Waals surface area contributed by atoms with Crippen molar-refractivity contribution in [1.29, 1.82) is 0 Å². The van der Waals surface area contributed by atoms with Gasteiger partial charge in [0.15, 0.2) is 0 Å². The molecule has 0 radical (unpaired) electrons. The first-order chi connectivity index (χ1) is 12.7. The third-order valence-corrected chi connectivity index (χ3v) is 5.21. The summed E-state index contributed by atoms with van der Waals surface area (Å²) in [5, 5.41) is 19.3. The maximum Gasteiger partial charge on any atom is 0.252 e. The van der Waals surface area contributed by atoms with Gasteiger partial charge in [-0.25, -0.2) is 8.78 Å². The standard InChI is InChI=1S/C19H18F2INO4/c20-11-4-10(3-9-1-2-12(22)6-14(9)21)18(19(23)26)17(5-11)27-13-7-15(24)16(25)8-13/h1-2,4-6,13,15-16,24-25H,3,7-8H2,(H2,23,26)/t13?,15-,16+. The first-order valence-electron chi connectivity index (χ1n) is 8.33. The number of amides is 1. The molecule has 0 heterocycles. The van der Waals surface area contributed by atoms with Crippen molar-refractivity contribution in [3.8, 4) is 5.75 Å². The first kappa shape index (κ1) is 20.0. The summed E-state index contributed by atoms with van der Waals surface area (Å²) in [6.45, 7) is 0. The summed E-state index contributed by atoms with van der Waals surface area (Å²) in [6, 6.07) is 6.78. The van der Waals surface area contributed by atoms with E-state index in [9.17, 15) is 23.8 Å². The molecular formula is C19H18F2INO4. The summed E-state index contributed by atoms with van der Waals surface area (Å²) in [4.78, 5) is 12.0. The zero-order valence-electron chi connectivity index (χ0n) is 14.2. The number of halogens is 3. The van der Waals surface area contributed by atoms with E-state index in [0.717, 1.165) is 12.1 Å². The molecule has 27 heavy (non-hydrogen) atoms. The van der Waals surface area contributed by atoms with Gasteiger partial charge in [-0.05, 0) is 51.9 Å². The monoisotopic (exact) mass is 489 g/mol. The van der Waals surface area contributed by atoms with Crippen molar-refractivity contribution < 1.29 is 28.5 Å². The molecule has 4 N–H and O–H groups in total. The molecule has 0 spiro atoms. The average Bonchev–Trinajstić information content (AvgIpc) is 2.87. The van der Waals surface area contributed by atoms with Gasteiger partial charge in [-0.2, -0.15) is 0 Å². The molecule has 144 valence electrons. The number of aliphatic hydroxyl groups is 2. The predicted octanol–water partition coefficient (Wildman–Crippen LogP) is 2.52. The Morgan fingerprint density at radius 3 is 2.41 bits per heavy atom. The maximum atomic E-state index is 14.2. The molecule has 0 aliphatic heterocycles. The lowest BCUT2D eigenvalue weighted by Crippen LogP contribution is -2.20. The molecule has 0 saturated heterocycles. The van der Waals surface area contributed by atoms with Crippen LogP contribution >= 0.6 is 22.6 Å². The van der Waals surface area contributed by atoms with Crippen molar-refractivity contribution in [3.05, 3.63) is 62.2 Å². The molecule has 0 aromatic heterocycles. The zero-order valence-corrected chi connectivity index (χ0v) is 16.3. The van der Waals surface area contributed by atoms with Crippen molar-refractivity contribution in [1.82, 2.24) is 0 Å². The smallest absolute Gasteiger partial charge is 0.252 e. The number of primary amides is 1. The molecule has 5 nitrogen and oxygen atoms in total. The summed E-state index contributed by atoms with van der Waals surface area (Å²) in [5.74, 6) is -2.03. The lowest BCUT2D eigenvalue weighted by molar-refractivity contribution is 0.0438. The van der Waals surface area contributed by atoms with E-state index in [2.05, 4.69) is 0 Å². The molecule has 1 aliphatic rings. The highest BCUT2D eigenvalue weighted by Crippen LogP contribution is 2.31. The van der Waals surface area contributed by atoms with Gasteiger partial charge in [0.1, 0.15) is 23.5 Å². The van der Waals surface area contributed by atoms with E-state index in [0.29, 0.717) is 9.13 Å². The SMILES string of the molecule is NC(=O)c1c(Cc2ccc(I)cc2F)cc(F)cc1OC1C[C@@H](O)[C@@H](O)C1. The quantitative estimate of drug-likeness (QED) is 0.563. The Labute approximate surface area is 168 Å². The van der Waals surface area contributed by atoms with Crippen LogP contribution in [0.5, 0.6) is 5.75 Å². The normalized spacial score (nSPS) is 22.0. The number of aliphatic hydroxyl groups excluding tert-OH is 2. The van der Waals surface area contributed by atoms with Crippen LogP contribution in [0.3, 0.4) is 0 Å². The Morgan fingerprint density at radius 2 is 1.81 bits per heavy atom. The number of benzene rings is 2. The zero-order chi connectivity index (χ0) is 19.7. The van der Waals surface area contributed by atoms with Crippen LogP contribution in [0.2, 0.25) is 0 Å². The molecule has 1 fully saturated rings. The average molecular weight is 489 g/mol. The highest BCUT2D eigenvalue weighted by molar-refractivity contribution is 14.1. The van der Waals surface area contributed by atoms with Crippen molar-refractivity contribution in [2.24, 2.45) is 5.73 Å². The van der Waals surface area contributed by atoms with Gasteiger partial charge in [-0.1, -0.05) is 6.07 Å². The van der Waals surface area contributed by atoms with E-state index < -0.39 is 35.9 Å². The number of carbonyl (C=O) groups excluding carboxylic acids is 1. The van der Waals surface area contributed by atoms with Crippen LogP contribution in [-0.2, 0) is 6.42 Å². The number of hydrogen-bond donors (Lipinski definition) is 3. The molecule has 1 saturated carbocycles. The number of nitrogens with two attached hydrogens (primary N) is 1. The minimum Gasteiger partial charge on any atom is -0.489 e. The molecule has 1 amide bonds. The predicted molar refractivity (Wildman–Crippen MR) is 103 cm³/mol. The lowest BCUT2D eigenvalue weighted by atomic mass is 9.98. The van der Waals surface area contributed by atoms with E-state index in [1.807, 2.05) is 22.6 Å². The minimum atomic E-state index is -0.944. The van der Waals surface area contributed by atoms with Crippen molar-refractivity contribution in [2.45, 2.75) is 37.6 Å². The van der Waals surface area contributed by atoms with Crippen LogP contribution in [0, 0.1) is 15.2 Å². The third-order valence-electron chi connectivity index (χ3n) is 4.54. The van der Waals surface area contributed by atoms with Crippen molar-refractivity contribution in [2.75, 3.05) is 0 Å². The first-order valence-corrected chi connectivity index (χ1v) is 9.41. The van der Waals surface area contributed by atoms with Gasteiger partial charge in [0.05, 0.1) is 17.8 Å². The second-order valence-electron chi connectivity index (χ2n) is 6.56. The minimum absolute atomic E-state index is 0.0366. The van der Waals surface area contributed by atoms with Gasteiger partial charge in [-0.3, -0.25) is 4.79 Å². The highest BCUT2D eigenvalue weighted by atomic mass is 127. The largest absolute Gasteiger partial charge is 0.489 e. The summed E-state index contributed by atoms with van der Waals surface area (Å²) in [6.07, 6.45) is -2.21. The van der Waals surface area contributed by atoms with Gasteiger partial charge < -0.3 is 20.7 Å². The lowest BCUT2D eigenvalue weighted by Gasteiger charge is -2.18. The van der Waals surface area contributed by atoms with Gasteiger partial charge in [0.25, 0.3) is 5.91 Å². The number of hydrogen-bond acceptors (Lipinski definition) is 4. The van der Waals surface area contributed by atoms with Gasteiger partial charge >= 0.3 is 0 Å². The van der Waals surface area contributed by atoms with Crippen molar-refractivity contribution >= 4 is 28.5 Å². The topological polar surface area (TPSA) is 92.8 Å². The third kappa shape index (κ3) is 4.56. The van der Waals surface area contributed by atoms with E-state index in [1.54, 1.807) is 12.1 Å². The maximum absolute atomic E-state index is 14.2. The summed E-state index contributed by atoms with van der Waals surface area (Å²) in [5.41, 5.74) is 5.94. The molecule has 2 aromatic carbocycles. The molecule has 2 aromatic rings. The van der Waals surface area contributed by atoms with Crippen LogP contribution in [0.15, 0.2) is 30.3 Å².